The molecule has 3 aromatic rings. The highest BCUT2D eigenvalue weighted by Gasteiger charge is 2.21. The zero-order valence-corrected chi connectivity index (χ0v) is 18.3. The Kier molecular flexibility index (Phi) is 6.37. The predicted molar refractivity (Wildman–Crippen MR) is 117 cm³/mol. The first-order valence-electron chi connectivity index (χ1n) is 9.65. The molecule has 7 heteroatoms. The highest BCUT2D eigenvalue weighted by molar-refractivity contribution is 7.99. The van der Waals surface area contributed by atoms with Gasteiger partial charge in [0.15, 0.2) is 11.0 Å². The van der Waals surface area contributed by atoms with Gasteiger partial charge >= 0.3 is 0 Å². The maximum Gasteiger partial charge on any atom is 0.230 e. The van der Waals surface area contributed by atoms with Crippen LogP contribution in [-0.2, 0) is 4.79 Å². The summed E-state index contributed by atoms with van der Waals surface area (Å²) >= 11 is 1.38. The Hall–Kier alpha value is -2.67. The second-order valence-electron chi connectivity index (χ2n) is 8.18. The molecule has 0 atom stereocenters. The van der Waals surface area contributed by atoms with Crippen molar-refractivity contribution in [3.05, 3.63) is 54.4 Å². The van der Waals surface area contributed by atoms with E-state index in [1.165, 1.54) is 17.3 Å². The van der Waals surface area contributed by atoms with E-state index in [-0.39, 0.29) is 17.2 Å². The first-order chi connectivity index (χ1) is 13.8. The molecule has 1 N–H and O–H groups in total. The lowest BCUT2D eigenvalue weighted by atomic mass is 10.0. The van der Waals surface area contributed by atoms with E-state index in [9.17, 15) is 4.79 Å². The standard InChI is InChI=1S/C22H27N5OS/c1-15(2)17-10-6-7-11-18(17)27-20(16-9-8-12-23-13-16)25-26-21(27)29-14-19(28)24-22(3,4)5/h6-13,15H,14H2,1-5H3,(H,24,28). The summed E-state index contributed by atoms with van der Waals surface area (Å²) in [5.41, 5.74) is 2.82. The summed E-state index contributed by atoms with van der Waals surface area (Å²) in [6, 6.07) is 12.1. The molecule has 29 heavy (non-hydrogen) atoms. The number of hydrogen-bond donors (Lipinski definition) is 1. The smallest absolute Gasteiger partial charge is 0.230 e. The predicted octanol–water partition coefficient (Wildman–Crippen LogP) is 4.46. The summed E-state index contributed by atoms with van der Waals surface area (Å²) in [5.74, 6) is 1.28. The lowest BCUT2D eigenvalue weighted by Gasteiger charge is -2.20. The maximum atomic E-state index is 12.3. The minimum atomic E-state index is -0.267. The minimum Gasteiger partial charge on any atom is -0.351 e. The zero-order valence-electron chi connectivity index (χ0n) is 17.5. The zero-order chi connectivity index (χ0) is 21.0. The molecule has 2 aromatic heterocycles. The van der Waals surface area contributed by atoms with Gasteiger partial charge in [-0.1, -0.05) is 43.8 Å². The Morgan fingerprint density at radius 3 is 2.55 bits per heavy atom. The number of carbonyl (C=O) groups excluding carboxylic acids is 1. The van der Waals surface area contributed by atoms with Gasteiger partial charge in [-0.3, -0.25) is 14.3 Å². The van der Waals surface area contributed by atoms with Crippen LogP contribution in [0.4, 0.5) is 0 Å². The molecule has 0 aliphatic rings. The van der Waals surface area contributed by atoms with Crippen LogP contribution in [0.15, 0.2) is 53.9 Å². The number of carbonyl (C=O) groups is 1. The molecule has 0 saturated carbocycles. The van der Waals surface area contributed by atoms with Crippen LogP contribution in [0.5, 0.6) is 0 Å². The van der Waals surface area contributed by atoms with E-state index in [1.807, 2.05) is 49.6 Å². The van der Waals surface area contributed by atoms with E-state index in [1.54, 1.807) is 12.4 Å². The summed E-state index contributed by atoms with van der Waals surface area (Å²) in [6.45, 7) is 10.2. The molecular formula is C22H27N5OS. The Morgan fingerprint density at radius 2 is 1.90 bits per heavy atom. The SMILES string of the molecule is CC(C)c1ccccc1-n1c(SCC(=O)NC(C)(C)C)nnc1-c1cccnc1. The lowest BCUT2D eigenvalue weighted by Crippen LogP contribution is -2.41. The van der Waals surface area contributed by atoms with Gasteiger partial charge in [0.05, 0.1) is 11.4 Å². The largest absolute Gasteiger partial charge is 0.351 e. The molecule has 0 fully saturated rings. The molecule has 2 heterocycles. The van der Waals surface area contributed by atoms with Crippen molar-refractivity contribution in [3.63, 3.8) is 0 Å². The third-order valence-electron chi connectivity index (χ3n) is 4.20. The van der Waals surface area contributed by atoms with Crippen molar-refractivity contribution in [2.45, 2.75) is 51.2 Å². The fourth-order valence-electron chi connectivity index (χ4n) is 3.03. The van der Waals surface area contributed by atoms with Gasteiger partial charge in [0.25, 0.3) is 0 Å². The van der Waals surface area contributed by atoms with E-state index in [2.05, 4.69) is 46.5 Å². The van der Waals surface area contributed by atoms with Crippen LogP contribution >= 0.6 is 11.8 Å². The lowest BCUT2D eigenvalue weighted by molar-refractivity contribution is -0.119. The first-order valence-corrected chi connectivity index (χ1v) is 10.6. The van der Waals surface area contributed by atoms with Crippen molar-refractivity contribution in [2.75, 3.05) is 5.75 Å². The number of benzene rings is 1. The van der Waals surface area contributed by atoms with Crippen molar-refractivity contribution < 1.29 is 4.79 Å². The molecule has 0 aliphatic heterocycles. The Morgan fingerprint density at radius 1 is 1.14 bits per heavy atom. The van der Waals surface area contributed by atoms with Crippen molar-refractivity contribution >= 4 is 17.7 Å². The third-order valence-corrected chi connectivity index (χ3v) is 5.13. The monoisotopic (exact) mass is 409 g/mol. The molecule has 0 saturated heterocycles. The van der Waals surface area contributed by atoms with E-state index in [0.29, 0.717) is 16.9 Å². The minimum absolute atomic E-state index is 0.0304. The molecule has 0 radical (unpaired) electrons. The first kappa shape index (κ1) is 21.0. The van der Waals surface area contributed by atoms with E-state index in [4.69, 9.17) is 0 Å². The number of thioether (sulfide) groups is 1. The second kappa shape index (κ2) is 8.78. The molecule has 0 bridgehead atoms. The van der Waals surface area contributed by atoms with Gasteiger partial charge in [0.2, 0.25) is 5.91 Å². The summed E-state index contributed by atoms with van der Waals surface area (Å²) in [7, 11) is 0. The van der Waals surface area contributed by atoms with Crippen LogP contribution in [0.25, 0.3) is 17.1 Å². The van der Waals surface area contributed by atoms with Crippen LogP contribution in [0.3, 0.4) is 0 Å². The van der Waals surface area contributed by atoms with Crippen molar-refractivity contribution in [1.29, 1.82) is 0 Å². The van der Waals surface area contributed by atoms with Gasteiger partial charge in [-0.25, -0.2) is 0 Å². The topological polar surface area (TPSA) is 72.7 Å². The van der Waals surface area contributed by atoms with Gasteiger partial charge in [-0.15, -0.1) is 10.2 Å². The Labute approximate surface area is 176 Å². The Bertz CT molecular complexity index is 976. The van der Waals surface area contributed by atoms with Gasteiger partial charge in [0, 0.05) is 23.5 Å². The van der Waals surface area contributed by atoms with Crippen LogP contribution in [0, 0.1) is 0 Å². The summed E-state index contributed by atoms with van der Waals surface area (Å²) in [5, 5.41) is 12.5. The van der Waals surface area contributed by atoms with Crippen LogP contribution in [0.1, 0.15) is 46.1 Å². The molecule has 0 aliphatic carbocycles. The molecule has 0 spiro atoms. The number of nitrogens with one attached hydrogen (secondary N) is 1. The van der Waals surface area contributed by atoms with Crippen molar-refractivity contribution in [1.82, 2.24) is 25.1 Å². The molecular weight excluding hydrogens is 382 g/mol. The fraction of sp³-hybridized carbons (Fsp3) is 0.364. The van der Waals surface area contributed by atoms with Gasteiger partial charge in [-0.2, -0.15) is 0 Å². The number of para-hydroxylation sites is 1. The average Bonchev–Trinajstić information content (AvgIpc) is 3.09. The van der Waals surface area contributed by atoms with Crippen LogP contribution in [-0.4, -0.2) is 36.9 Å². The number of rotatable bonds is 6. The molecule has 0 unspecified atom stereocenters. The second-order valence-corrected chi connectivity index (χ2v) is 9.13. The quantitative estimate of drug-likeness (QED) is 0.609. The molecule has 152 valence electrons. The number of aromatic nitrogens is 4. The number of hydrogen-bond acceptors (Lipinski definition) is 5. The molecule has 3 rings (SSSR count). The number of nitrogens with zero attached hydrogens (tertiary/aromatic N) is 4. The summed E-state index contributed by atoms with van der Waals surface area (Å²) < 4.78 is 2.03. The normalized spacial score (nSPS) is 11.7. The fourth-order valence-corrected chi connectivity index (χ4v) is 3.77. The van der Waals surface area contributed by atoms with E-state index in [0.717, 1.165) is 11.3 Å². The summed E-state index contributed by atoms with van der Waals surface area (Å²) in [6.07, 6.45) is 3.51. The highest BCUT2D eigenvalue weighted by Crippen LogP contribution is 2.31. The van der Waals surface area contributed by atoms with Gasteiger partial charge in [0.1, 0.15) is 0 Å². The molecule has 1 amide bonds. The van der Waals surface area contributed by atoms with Crippen molar-refractivity contribution in [2.24, 2.45) is 0 Å². The number of pyridine rings is 1. The van der Waals surface area contributed by atoms with Crippen LogP contribution in [0.2, 0.25) is 0 Å². The van der Waals surface area contributed by atoms with E-state index >= 15 is 0 Å². The number of amides is 1. The Balaban J connectivity index is 2.03. The third kappa shape index (κ3) is 5.23. The van der Waals surface area contributed by atoms with Gasteiger partial charge < -0.3 is 5.32 Å². The average molecular weight is 410 g/mol. The highest BCUT2D eigenvalue weighted by atomic mass is 32.2. The molecule has 1 aromatic carbocycles. The van der Waals surface area contributed by atoms with Crippen molar-refractivity contribution in [3.8, 4) is 17.1 Å². The van der Waals surface area contributed by atoms with Crippen LogP contribution < -0.4 is 5.32 Å². The maximum absolute atomic E-state index is 12.3. The van der Waals surface area contributed by atoms with E-state index < -0.39 is 0 Å². The molecule has 6 nitrogen and oxygen atoms in total. The van der Waals surface area contributed by atoms with Gasteiger partial charge in [-0.05, 0) is 50.5 Å². The summed E-state index contributed by atoms with van der Waals surface area (Å²) in [4.78, 5) is 16.6.